The van der Waals surface area contributed by atoms with Crippen LogP contribution < -0.4 is 15.7 Å². The molecule has 6 N–H and O–H groups in total. The van der Waals surface area contributed by atoms with Gasteiger partial charge in [0.25, 0.3) is 0 Å². The van der Waals surface area contributed by atoms with Crippen molar-refractivity contribution < 1.29 is 49.0 Å². The summed E-state index contributed by atoms with van der Waals surface area (Å²) >= 11 is 0. The Morgan fingerprint density at radius 2 is 1.85 bits per heavy atom. The number of hydrogen-bond donors (Lipinski definition) is 6. The van der Waals surface area contributed by atoms with Crippen molar-refractivity contribution in [2.75, 3.05) is 33.0 Å². The van der Waals surface area contributed by atoms with Crippen molar-refractivity contribution in [1.29, 1.82) is 0 Å². The smallest absolute Gasteiger partial charge is 0.336 e. The predicted molar refractivity (Wildman–Crippen MR) is 111 cm³/mol. The Kier molecular flexibility index (Phi) is 8.74. The number of nitrogens with one attached hydrogen (secondary N) is 1. The van der Waals surface area contributed by atoms with E-state index in [1.807, 2.05) is 0 Å². The third-order valence-corrected chi connectivity index (χ3v) is 5.06. The van der Waals surface area contributed by atoms with Gasteiger partial charge in [-0.1, -0.05) is 0 Å². The van der Waals surface area contributed by atoms with Gasteiger partial charge in [0.05, 0.1) is 32.8 Å². The lowest BCUT2D eigenvalue weighted by atomic mass is 9.99. The molecule has 1 aliphatic heterocycles. The number of aliphatic hydroxyl groups excluding tert-OH is 5. The molecule has 2 aromatic rings. The van der Waals surface area contributed by atoms with E-state index in [1.54, 1.807) is 6.07 Å². The molecule has 1 aromatic heterocycles. The molecular formula is C21H27NO11. The van der Waals surface area contributed by atoms with Gasteiger partial charge in [0.2, 0.25) is 12.2 Å². The van der Waals surface area contributed by atoms with Crippen molar-refractivity contribution in [2.24, 2.45) is 0 Å². The van der Waals surface area contributed by atoms with E-state index in [9.17, 15) is 30.0 Å². The average molecular weight is 469 g/mol. The van der Waals surface area contributed by atoms with Gasteiger partial charge in [0.1, 0.15) is 35.7 Å². The van der Waals surface area contributed by atoms with E-state index in [-0.39, 0.29) is 50.0 Å². The minimum atomic E-state index is -1.60. The second kappa shape index (κ2) is 11.5. The Bertz CT molecular complexity index is 992. The summed E-state index contributed by atoms with van der Waals surface area (Å²) in [6.07, 6.45) is -7.33. The highest BCUT2D eigenvalue weighted by molar-refractivity contribution is 5.87. The van der Waals surface area contributed by atoms with Crippen LogP contribution in [0.25, 0.3) is 11.0 Å². The molecule has 1 fully saturated rings. The zero-order chi connectivity index (χ0) is 24.0. The van der Waals surface area contributed by atoms with Crippen LogP contribution in [0.1, 0.15) is 5.56 Å². The monoisotopic (exact) mass is 469 g/mol. The number of rotatable bonds is 10. The van der Waals surface area contributed by atoms with Crippen LogP contribution >= 0.6 is 0 Å². The lowest BCUT2D eigenvalue weighted by molar-refractivity contribution is -0.277. The van der Waals surface area contributed by atoms with Crippen molar-refractivity contribution in [2.45, 2.75) is 37.1 Å². The SMILES string of the molecule is O=C(Cc1cc(=O)oc2cc(OC3OC(CO)C(O)C(O)C3O)ccc12)NCCOCCO. The first-order valence-electron chi connectivity index (χ1n) is 10.3. The highest BCUT2D eigenvalue weighted by atomic mass is 16.7. The van der Waals surface area contributed by atoms with Gasteiger partial charge in [-0.2, -0.15) is 0 Å². The van der Waals surface area contributed by atoms with Gasteiger partial charge in [-0.15, -0.1) is 0 Å². The normalized spacial score (nSPS) is 25.2. The maximum atomic E-state index is 12.2. The predicted octanol–water partition coefficient (Wildman–Crippen LogP) is -2.36. The number of ether oxygens (including phenoxy) is 3. The largest absolute Gasteiger partial charge is 0.462 e. The first kappa shape index (κ1) is 25.1. The van der Waals surface area contributed by atoms with Crippen LogP contribution in [0.5, 0.6) is 5.75 Å². The van der Waals surface area contributed by atoms with E-state index in [0.717, 1.165) is 0 Å². The molecule has 182 valence electrons. The number of hydrogen-bond acceptors (Lipinski definition) is 11. The topological polar surface area (TPSA) is 188 Å². The van der Waals surface area contributed by atoms with Crippen LogP contribution in [-0.2, 0) is 20.7 Å². The number of fused-ring (bicyclic) bond motifs is 1. The van der Waals surface area contributed by atoms with Gasteiger partial charge in [-0.3, -0.25) is 4.79 Å². The summed E-state index contributed by atoms with van der Waals surface area (Å²) < 4.78 is 21.1. The number of carbonyl (C=O) groups excluding carboxylic acids is 1. The van der Waals surface area contributed by atoms with Crippen LogP contribution in [-0.4, -0.2) is 95.1 Å². The number of carbonyl (C=O) groups is 1. The molecule has 0 aliphatic carbocycles. The molecule has 2 heterocycles. The third kappa shape index (κ3) is 6.26. The molecule has 1 aromatic carbocycles. The van der Waals surface area contributed by atoms with E-state index in [1.165, 1.54) is 18.2 Å². The van der Waals surface area contributed by atoms with Crippen LogP contribution in [0.2, 0.25) is 0 Å². The minimum absolute atomic E-state index is 0.0883. The van der Waals surface area contributed by atoms with Crippen LogP contribution in [0.4, 0.5) is 0 Å². The second-order valence-electron chi connectivity index (χ2n) is 7.43. The summed E-state index contributed by atoms with van der Waals surface area (Å²) in [5, 5.41) is 50.9. The molecule has 33 heavy (non-hydrogen) atoms. The first-order chi connectivity index (χ1) is 15.8. The molecule has 3 rings (SSSR count). The molecule has 1 aliphatic rings. The Hall–Kier alpha value is -2.58. The highest BCUT2D eigenvalue weighted by Crippen LogP contribution is 2.27. The van der Waals surface area contributed by atoms with Crippen LogP contribution in [0, 0.1) is 0 Å². The van der Waals surface area contributed by atoms with Gasteiger partial charge >= 0.3 is 5.63 Å². The molecule has 5 unspecified atom stereocenters. The Labute approximate surface area is 187 Å². The van der Waals surface area contributed by atoms with Gasteiger partial charge in [0, 0.05) is 24.1 Å². The second-order valence-corrected chi connectivity index (χ2v) is 7.43. The molecule has 1 amide bonds. The third-order valence-electron chi connectivity index (χ3n) is 5.06. The summed E-state index contributed by atoms with van der Waals surface area (Å²) in [4.78, 5) is 24.2. The van der Waals surface area contributed by atoms with Crippen molar-refractivity contribution in [3.63, 3.8) is 0 Å². The minimum Gasteiger partial charge on any atom is -0.462 e. The van der Waals surface area contributed by atoms with E-state index >= 15 is 0 Å². The maximum Gasteiger partial charge on any atom is 0.336 e. The van der Waals surface area contributed by atoms with Crippen molar-refractivity contribution in [3.05, 3.63) is 40.2 Å². The molecule has 12 heteroatoms. The molecule has 0 bridgehead atoms. The van der Waals surface area contributed by atoms with Crippen molar-refractivity contribution in [3.8, 4) is 5.75 Å². The lowest BCUT2D eigenvalue weighted by Gasteiger charge is -2.39. The lowest BCUT2D eigenvalue weighted by Crippen LogP contribution is -2.60. The molecule has 1 saturated heterocycles. The maximum absolute atomic E-state index is 12.2. The quantitative estimate of drug-likeness (QED) is 0.161. The zero-order valence-electron chi connectivity index (χ0n) is 17.6. The highest BCUT2D eigenvalue weighted by Gasteiger charge is 2.44. The number of benzene rings is 1. The van der Waals surface area contributed by atoms with E-state index in [2.05, 4.69) is 5.32 Å². The molecule has 12 nitrogen and oxygen atoms in total. The Morgan fingerprint density at radius 3 is 2.58 bits per heavy atom. The van der Waals surface area contributed by atoms with Gasteiger partial charge < -0.3 is 49.5 Å². The average Bonchev–Trinajstić information content (AvgIpc) is 2.79. The van der Waals surface area contributed by atoms with E-state index in [4.69, 9.17) is 23.7 Å². The Morgan fingerprint density at radius 1 is 1.06 bits per heavy atom. The van der Waals surface area contributed by atoms with Crippen LogP contribution in [0.3, 0.4) is 0 Å². The van der Waals surface area contributed by atoms with E-state index < -0.39 is 42.9 Å². The zero-order valence-corrected chi connectivity index (χ0v) is 17.6. The van der Waals surface area contributed by atoms with Crippen LogP contribution in [0.15, 0.2) is 33.5 Å². The standard InChI is InChI=1S/C21H27NO11/c23-4-6-30-5-3-22-16(25)7-11-8-17(26)32-14-9-12(1-2-13(11)14)31-21-20(29)19(28)18(27)15(10-24)33-21/h1-2,8-9,15,18-21,23-24,27-29H,3-7,10H2,(H,22,25). The summed E-state index contributed by atoms with van der Waals surface area (Å²) in [6, 6.07) is 5.63. The fraction of sp³-hybridized carbons (Fsp3) is 0.524. The Balaban J connectivity index is 1.72. The summed E-state index contributed by atoms with van der Waals surface area (Å²) in [5.41, 5.74) is -0.130. The van der Waals surface area contributed by atoms with Gasteiger partial charge in [-0.05, 0) is 17.7 Å². The number of amides is 1. The van der Waals surface area contributed by atoms with Crippen molar-refractivity contribution >= 4 is 16.9 Å². The molecule has 0 saturated carbocycles. The van der Waals surface area contributed by atoms with Gasteiger partial charge in [0.15, 0.2) is 0 Å². The fourth-order valence-corrected chi connectivity index (χ4v) is 3.39. The summed E-state index contributed by atoms with van der Waals surface area (Å²) in [5.74, 6) is -0.214. The fourth-order valence-electron chi connectivity index (χ4n) is 3.39. The molecule has 0 radical (unpaired) electrons. The number of aliphatic hydroxyl groups is 5. The first-order valence-corrected chi connectivity index (χ1v) is 10.3. The molecule has 5 atom stereocenters. The summed E-state index contributed by atoms with van der Waals surface area (Å²) in [7, 11) is 0. The van der Waals surface area contributed by atoms with Gasteiger partial charge in [-0.25, -0.2) is 4.79 Å². The van der Waals surface area contributed by atoms with E-state index in [0.29, 0.717) is 10.9 Å². The van der Waals surface area contributed by atoms with Crippen molar-refractivity contribution in [1.82, 2.24) is 5.32 Å². The molecular weight excluding hydrogens is 442 g/mol. The molecule has 0 spiro atoms. The summed E-state index contributed by atoms with van der Waals surface area (Å²) in [6.45, 7) is -0.0517.